The van der Waals surface area contributed by atoms with Gasteiger partial charge in [-0.3, -0.25) is 0 Å². The second-order valence-electron chi connectivity index (χ2n) is 5.40. The van der Waals surface area contributed by atoms with Crippen molar-refractivity contribution in [3.8, 4) is 5.75 Å². The van der Waals surface area contributed by atoms with E-state index in [0.29, 0.717) is 16.5 Å². The summed E-state index contributed by atoms with van der Waals surface area (Å²) in [7, 11) is 3.60. The lowest BCUT2D eigenvalue weighted by molar-refractivity contribution is 0.262. The standard InChI is InChI=1S/C17H18ClN3O2/c1-21-9-8-12-13(4-3-5-15(12)21)19-17(22)20-14-10-11(18)6-7-16(14)23-2/h3-7,10H,8-9H2,1-2H3,(H2,19,20,22). The van der Waals surface area contributed by atoms with Gasteiger partial charge in [0, 0.05) is 35.6 Å². The van der Waals surface area contributed by atoms with E-state index in [1.54, 1.807) is 25.3 Å². The molecular formula is C17H18ClN3O2. The van der Waals surface area contributed by atoms with Crippen LogP contribution in [0.1, 0.15) is 5.56 Å². The lowest BCUT2D eigenvalue weighted by Gasteiger charge is -2.15. The number of carbonyl (C=O) groups excluding carboxylic acids is 1. The Bertz CT molecular complexity index is 749. The minimum Gasteiger partial charge on any atom is -0.495 e. The monoisotopic (exact) mass is 331 g/mol. The first-order chi connectivity index (χ1) is 11.1. The van der Waals surface area contributed by atoms with E-state index < -0.39 is 0 Å². The van der Waals surface area contributed by atoms with Crippen molar-refractivity contribution in [2.45, 2.75) is 6.42 Å². The van der Waals surface area contributed by atoms with Gasteiger partial charge in [0.05, 0.1) is 12.8 Å². The van der Waals surface area contributed by atoms with Crippen LogP contribution in [0.5, 0.6) is 5.75 Å². The van der Waals surface area contributed by atoms with Crippen LogP contribution in [-0.2, 0) is 6.42 Å². The molecule has 2 aromatic rings. The molecule has 0 bridgehead atoms. The van der Waals surface area contributed by atoms with Gasteiger partial charge >= 0.3 is 6.03 Å². The zero-order valence-electron chi connectivity index (χ0n) is 13.0. The fourth-order valence-electron chi connectivity index (χ4n) is 2.77. The van der Waals surface area contributed by atoms with Gasteiger partial charge in [0.25, 0.3) is 0 Å². The molecule has 0 radical (unpaired) electrons. The Morgan fingerprint density at radius 2 is 2.00 bits per heavy atom. The SMILES string of the molecule is COc1ccc(Cl)cc1NC(=O)Nc1cccc2c1CCN2C. The van der Waals surface area contributed by atoms with E-state index in [-0.39, 0.29) is 6.03 Å². The summed E-state index contributed by atoms with van der Waals surface area (Å²) in [6.45, 7) is 0.956. The minimum atomic E-state index is -0.325. The number of hydrogen-bond donors (Lipinski definition) is 2. The number of hydrogen-bond acceptors (Lipinski definition) is 3. The van der Waals surface area contributed by atoms with E-state index in [1.165, 1.54) is 0 Å². The molecule has 2 amide bonds. The second kappa shape index (κ2) is 6.38. The molecule has 0 spiro atoms. The van der Waals surface area contributed by atoms with Crippen molar-refractivity contribution in [1.82, 2.24) is 0 Å². The Morgan fingerprint density at radius 1 is 1.22 bits per heavy atom. The molecule has 1 heterocycles. The van der Waals surface area contributed by atoms with E-state index in [4.69, 9.17) is 16.3 Å². The van der Waals surface area contributed by atoms with Gasteiger partial charge in [-0.25, -0.2) is 4.79 Å². The zero-order valence-corrected chi connectivity index (χ0v) is 13.8. The molecule has 2 aromatic carbocycles. The molecule has 0 atom stereocenters. The summed E-state index contributed by atoms with van der Waals surface area (Å²) in [5, 5.41) is 6.22. The van der Waals surface area contributed by atoms with Gasteiger partial charge in [0.1, 0.15) is 5.75 Å². The van der Waals surface area contributed by atoms with E-state index in [9.17, 15) is 4.79 Å². The Balaban J connectivity index is 1.78. The number of anilines is 3. The Kier molecular flexibility index (Phi) is 4.30. The predicted molar refractivity (Wildman–Crippen MR) is 94.1 cm³/mol. The first kappa shape index (κ1) is 15.5. The van der Waals surface area contributed by atoms with Gasteiger partial charge in [0.15, 0.2) is 0 Å². The lowest BCUT2D eigenvalue weighted by atomic mass is 10.1. The molecule has 3 rings (SSSR count). The largest absolute Gasteiger partial charge is 0.495 e. The third kappa shape index (κ3) is 3.19. The number of carbonyl (C=O) groups is 1. The number of rotatable bonds is 3. The second-order valence-corrected chi connectivity index (χ2v) is 5.83. The number of fused-ring (bicyclic) bond motifs is 1. The molecule has 0 saturated carbocycles. The maximum atomic E-state index is 12.3. The fourth-order valence-corrected chi connectivity index (χ4v) is 2.94. The average Bonchev–Trinajstić information content (AvgIpc) is 2.90. The molecule has 0 aromatic heterocycles. The van der Waals surface area contributed by atoms with Gasteiger partial charge in [-0.05, 0) is 36.8 Å². The van der Waals surface area contributed by atoms with Crippen molar-refractivity contribution in [1.29, 1.82) is 0 Å². The number of halogens is 1. The van der Waals surface area contributed by atoms with E-state index >= 15 is 0 Å². The summed E-state index contributed by atoms with van der Waals surface area (Å²) in [6, 6.07) is 10.7. The van der Waals surface area contributed by atoms with Crippen LogP contribution in [0.25, 0.3) is 0 Å². The quantitative estimate of drug-likeness (QED) is 0.894. The van der Waals surface area contributed by atoms with Crippen molar-refractivity contribution < 1.29 is 9.53 Å². The Labute approximate surface area is 140 Å². The number of methoxy groups -OCH3 is 1. The number of urea groups is 1. The van der Waals surface area contributed by atoms with E-state index in [0.717, 1.165) is 29.9 Å². The molecule has 0 saturated heterocycles. The molecule has 6 heteroatoms. The molecular weight excluding hydrogens is 314 g/mol. The molecule has 1 aliphatic rings. The summed E-state index contributed by atoms with van der Waals surface area (Å²) in [6.07, 6.45) is 0.919. The number of ether oxygens (including phenoxy) is 1. The van der Waals surface area contributed by atoms with Gasteiger partial charge in [-0.2, -0.15) is 0 Å². The Hall–Kier alpha value is -2.40. The summed E-state index contributed by atoms with van der Waals surface area (Å²) >= 11 is 5.98. The number of nitrogens with zero attached hydrogens (tertiary/aromatic N) is 1. The highest BCUT2D eigenvalue weighted by Crippen LogP contribution is 2.33. The van der Waals surface area contributed by atoms with Crippen LogP contribution in [0.4, 0.5) is 21.9 Å². The number of benzene rings is 2. The number of nitrogens with one attached hydrogen (secondary N) is 2. The van der Waals surface area contributed by atoms with Crippen molar-refractivity contribution in [3.05, 3.63) is 47.0 Å². The van der Waals surface area contributed by atoms with Crippen LogP contribution in [0.3, 0.4) is 0 Å². The van der Waals surface area contributed by atoms with Crippen molar-refractivity contribution in [2.75, 3.05) is 36.2 Å². The van der Waals surface area contributed by atoms with E-state index in [2.05, 4.69) is 21.6 Å². The summed E-state index contributed by atoms with van der Waals surface area (Å²) < 4.78 is 5.23. The van der Waals surface area contributed by atoms with Crippen molar-refractivity contribution in [3.63, 3.8) is 0 Å². The molecule has 0 fully saturated rings. The highest BCUT2D eigenvalue weighted by Gasteiger charge is 2.19. The molecule has 23 heavy (non-hydrogen) atoms. The zero-order chi connectivity index (χ0) is 16.4. The minimum absolute atomic E-state index is 0.325. The summed E-state index contributed by atoms with van der Waals surface area (Å²) in [5.74, 6) is 0.558. The van der Waals surface area contributed by atoms with Crippen molar-refractivity contribution in [2.24, 2.45) is 0 Å². The van der Waals surface area contributed by atoms with Gasteiger partial charge in [-0.1, -0.05) is 17.7 Å². The van der Waals surface area contributed by atoms with Gasteiger partial charge < -0.3 is 20.3 Å². The highest BCUT2D eigenvalue weighted by molar-refractivity contribution is 6.31. The molecule has 0 unspecified atom stereocenters. The lowest BCUT2D eigenvalue weighted by Crippen LogP contribution is -2.20. The van der Waals surface area contributed by atoms with Crippen molar-refractivity contribution >= 4 is 34.7 Å². The van der Waals surface area contributed by atoms with Crippen LogP contribution in [0.2, 0.25) is 5.02 Å². The molecule has 5 nitrogen and oxygen atoms in total. The topological polar surface area (TPSA) is 53.6 Å². The van der Waals surface area contributed by atoms with Crippen LogP contribution in [0.15, 0.2) is 36.4 Å². The van der Waals surface area contributed by atoms with Crippen LogP contribution in [0, 0.1) is 0 Å². The fraction of sp³-hybridized carbons (Fsp3) is 0.235. The number of amides is 2. The van der Waals surface area contributed by atoms with Crippen LogP contribution in [-0.4, -0.2) is 26.7 Å². The third-order valence-corrected chi connectivity index (χ3v) is 4.15. The van der Waals surface area contributed by atoms with Crippen LogP contribution >= 0.6 is 11.6 Å². The summed E-state index contributed by atoms with van der Waals surface area (Å²) in [5.41, 5.74) is 3.67. The molecule has 120 valence electrons. The summed E-state index contributed by atoms with van der Waals surface area (Å²) in [4.78, 5) is 14.5. The first-order valence-electron chi connectivity index (χ1n) is 7.33. The first-order valence-corrected chi connectivity index (χ1v) is 7.71. The maximum absolute atomic E-state index is 12.3. The third-order valence-electron chi connectivity index (χ3n) is 3.92. The van der Waals surface area contributed by atoms with Gasteiger partial charge in [0.2, 0.25) is 0 Å². The predicted octanol–water partition coefficient (Wildman–Crippen LogP) is 3.98. The highest BCUT2D eigenvalue weighted by atomic mass is 35.5. The molecule has 1 aliphatic heterocycles. The normalized spacial score (nSPS) is 12.7. The Morgan fingerprint density at radius 3 is 2.78 bits per heavy atom. The maximum Gasteiger partial charge on any atom is 0.323 e. The number of likely N-dealkylation sites (N-methyl/N-ethyl adjacent to an activating group) is 1. The molecule has 0 aliphatic carbocycles. The van der Waals surface area contributed by atoms with Crippen LogP contribution < -0.4 is 20.3 Å². The smallest absolute Gasteiger partial charge is 0.323 e. The van der Waals surface area contributed by atoms with Gasteiger partial charge in [-0.15, -0.1) is 0 Å². The molecule has 2 N–H and O–H groups in total. The van der Waals surface area contributed by atoms with E-state index in [1.807, 2.05) is 19.2 Å². The average molecular weight is 332 g/mol.